The van der Waals surface area contributed by atoms with Crippen LogP contribution in [0, 0.1) is 6.92 Å². The lowest BCUT2D eigenvalue weighted by Crippen LogP contribution is -2.38. The molecule has 1 aromatic rings. The Morgan fingerprint density at radius 3 is 2.75 bits per heavy atom. The predicted octanol–water partition coefficient (Wildman–Crippen LogP) is 3.43. The predicted molar refractivity (Wildman–Crippen MR) is 88.4 cm³/mol. The number of hydrogen-bond donors (Lipinski definition) is 1. The van der Waals surface area contributed by atoms with Gasteiger partial charge in [-0.15, -0.1) is 11.3 Å². The standard InChI is InChI=1S/C15H28N4S/c1-5-7-8-9-10-17-15(16-6-2)19(4)11-14-12-20-13(3)18-14/h12H,5-11H2,1-4H3,(H,16,17). The molecule has 0 amide bonds. The van der Waals surface area contributed by atoms with Gasteiger partial charge >= 0.3 is 0 Å². The van der Waals surface area contributed by atoms with Gasteiger partial charge in [0.15, 0.2) is 5.96 Å². The molecule has 0 aromatic carbocycles. The van der Waals surface area contributed by atoms with Gasteiger partial charge in [0.25, 0.3) is 0 Å². The summed E-state index contributed by atoms with van der Waals surface area (Å²) in [6.45, 7) is 8.99. The second kappa shape index (κ2) is 9.75. The third kappa shape index (κ3) is 6.37. The minimum atomic E-state index is 0.811. The Bertz CT molecular complexity index is 400. The number of aryl methyl sites for hydroxylation is 1. The van der Waals surface area contributed by atoms with Crippen molar-refractivity contribution in [2.45, 2.75) is 53.0 Å². The van der Waals surface area contributed by atoms with E-state index in [-0.39, 0.29) is 0 Å². The van der Waals surface area contributed by atoms with E-state index in [0.717, 1.165) is 36.3 Å². The van der Waals surface area contributed by atoms with E-state index in [9.17, 15) is 0 Å². The highest BCUT2D eigenvalue weighted by Gasteiger charge is 2.08. The Morgan fingerprint density at radius 1 is 1.35 bits per heavy atom. The van der Waals surface area contributed by atoms with Gasteiger partial charge in [-0.3, -0.25) is 4.99 Å². The zero-order valence-corrected chi connectivity index (χ0v) is 14.1. The third-order valence-corrected chi connectivity index (χ3v) is 3.86. The highest BCUT2D eigenvalue weighted by Crippen LogP contribution is 2.09. The molecule has 0 fully saturated rings. The van der Waals surface area contributed by atoms with Crippen LogP contribution < -0.4 is 5.32 Å². The summed E-state index contributed by atoms with van der Waals surface area (Å²) in [5, 5.41) is 6.59. The summed E-state index contributed by atoms with van der Waals surface area (Å²) in [4.78, 5) is 11.4. The maximum atomic E-state index is 4.70. The molecule has 0 aliphatic rings. The van der Waals surface area contributed by atoms with Gasteiger partial charge in [0, 0.05) is 25.5 Å². The molecule has 0 spiro atoms. The first-order valence-corrected chi connectivity index (χ1v) is 8.45. The summed E-state index contributed by atoms with van der Waals surface area (Å²) in [5.41, 5.74) is 1.12. The molecule has 0 aliphatic carbocycles. The van der Waals surface area contributed by atoms with Crippen LogP contribution in [0.2, 0.25) is 0 Å². The van der Waals surface area contributed by atoms with Crippen molar-refractivity contribution in [3.8, 4) is 0 Å². The molecule has 0 radical (unpaired) electrons. The first-order valence-electron chi connectivity index (χ1n) is 7.57. The van der Waals surface area contributed by atoms with Gasteiger partial charge in [0.05, 0.1) is 17.2 Å². The molecule has 1 aromatic heterocycles. The summed E-state index contributed by atoms with van der Waals surface area (Å²) in [5.74, 6) is 0.981. The average Bonchev–Trinajstić information content (AvgIpc) is 2.82. The highest BCUT2D eigenvalue weighted by atomic mass is 32.1. The quantitative estimate of drug-likeness (QED) is 0.454. The van der Waals surface area contributed by atoms with Crippen LogP contribution in [0.15, 0.2) is 10.4 Å². The molecule has 0 atom stereocenters. The number of thiazole rings is 1. The topological polar surface area (TPSA) is 40.5 Å². The number of aliphatic imine (C=N–C) groups is 1. The van der Waals surface area contributed by atoms with Crippen LogP contribution in [0.25, 0.3) is 0 Å². The molecule has 1 heterocycles. The molecular formula is C15H28N4S. The van der Waals surface area contributed by atoms with E-state index in [0.29, 0.717) is 0 Å². The van der Waals surface area contributed by atoms with Gasteiger partial charge in [-0.25, -0.2) is 4.98 Å². The van der Waals surface area contributed by atoms with E-state index in [1.165, 1.54) is 25.7 Å². The van der Waals surface area contributed by atoms with E-state index < -0.39 is 0 Å². The molecule has 1 rings (SSSR count). The maximum Gasteiger partial charge on any atom is 0.194 e. The van der Waals surface area contributed by atoms with Crippen molar-refractivity contribution in [3.05, 3.63) is 16.1 Å². The summed E-state index contributed by atoms with van der Waals surface area (Å²) in [6, 6.07) is 0. The van der Waals surface area contributed by atoms with Crippen molar-refractivity contribution in [3.63, 3.8) is 0 Å². The molecule has 0 saturated carbocycles. The van der Waals surface area contributed by atoms with Crippen LogP contribution in [0.1, 0.15) is 50.2 Å². The number of nitrogens with zero attached hydrogens (tertiary/aromatic N) is 3. The smallest absolute Gasteiger partial charge is 0.194 e. The lowest BCUT2D eigenvalue weighted by Gasteiger charge is -2.21. The number of rotatable bonds is 8. The van der Waals surface area contributed by atoms with Crippen molar-refractivity contribution in [2.24, 2.45) is 4.99 Å². The Morgan fingerprint density at radius 2 is 2.15 bits per heavy atom. The molecule has 0 aliphatic heterocycles. The monoisotopic (exact) mass is 296 g/mol. The fourth-order valence-electron chi connectivity index (χ4n) is 1.99. The van der Waals surface area contributed by atoms with Gasteiger partial charge in [-0.05, 0) is 20.3 Å². The molecule has 114 valence electrons. The summed E-state index contributed by atoms with van der Waals surface area (Å²) in [7, 11) is 2.07. The van der Waals surface area contributed by atoms with Gasteiger partial charge in [0.1, 0.15) is 0 Å². The highest BCUT2D eigenvalue weighted by molar-refractivity contribution is 7.09. The van der Waals surface area contributed by atoms with E-state index in [2.05, 4.69) is 41.5 Å². The largest absolute Gasteiger partial charge is 0.357 e. The van der Waals surface area contributed by atoms with Crippen LogP contribution >= 0.6 is 11.3 Å². The molecule has 0 unspecified atom stereocenters. The van der Waals surface area contributed by atoms with E-state index in [1.54, 1.807) is 11.3 Å². The van der Waals surface area contributed by atoms with Crippen molar-refractivity contribution < 1.29 is 0 Å². The molecular weight excluding hydrogens is 268 g/mol. The summed E-state index contributed by atoms with van der Waals surface area (Å²) >= 11 is 1.70. The van der Waals surface area contributed by atoms with Crippen LogP contribution in [0.5, 0.6) is 0 Å². The molecule has 4 nitrogen and oxygen atoms in total. The van der Waals surface area contributed by atoms with Crippen molar-refractivity contribution in [1.82, 2.24) is 15.2 Å². The van der Waals surface area contributed by atoms with Gasteiger partial charge in [-0.2, -0.15) is 0 Å². The van der Waals surface area contributed by atoms with Crippen LogP contribution in [-0.2, 0) is 6.54 Å². The number of unbranched alkanes of at least 4 members (excludes halogenated alkanes) is 3. The normalized spacial score (nSPS) is 11.7. The van der Waals surface area contributed by atoms with Crippen LogP contribution in [-0.4, -0.2) is 36.0 Å². The maximum absolute atomic E-state index is 4.70. The molecule has 1 N–H and O–H groups in total. The van der Waals surface area contributed by atoms with Crippen molar-refractivity contribution in [1.29, 1.82) is 0 Å². The Balaban J connectivity index is 2.48. The number of nitrogens with one attached hydrogen (secondary N) is 1. The van der Waals surface area contributed by atoms with Gasteiger partial charge < -0.3 is 10.2 Å². The SMILES string of the molecule is CCCCCCN=C(NCC)N(C)Cc1csc(C)n1. The van der Waals surface area contributed by atoms with Crippen LogP contribution in [0.4, 0.5) is 0 Å². The van der Waals surface area contributed by atoms with E-state index in [4.69, 9.17) is 4.99 Å². The number of guanidine groups is 1. The van der Waals surface area contributed by atoms with Crippen molar-refractivity contribution >= 4 is 17.3 Å². The summed E-state index contributed by atoms with van der Waals surface area (Å²) in [6.07, 6.45) is 5.02. The second-order valence-electron chi connectivity index (χ2n) is 5.01. The van der Waals surface area contributed by atoms with Gasteiger partial charge in [0.2, 0.25) is 0 Å². The molecule has 0 saturated heterocycles. The van der Waals surface area contributed by atoms with E-state index in [1.807, 2.05) is 6.92 Å². The number of aromatic nitrogens is 1. The Kier molecular flexibility index (Phi) is 8.26. The Labute approximate surface area is 127 Å². The summed E-state index contributed by atoms with van der Waals surface area (Å²) < 4.78 is 0. The second-order valence-corrected chi connectivity index (χ2v) is 6.07. The number of hydrogen-bond acceptors (Lipinski definition) is 3. The first-order chi connectivity index (χ1) is 9.67. The Hall–Kier alpha value is -1.10. The van der Waals surface area contributed by atoms with Crippen LogP contribution in [0.3, 0.4) is 0 Å². The average molecular weight is 296 g/mol. The fraction of sp³-hybridized carbons (Fsp3) is 0.733. The fourth-order valence-corrected chi connectivity index (χ4v) is 2.60. The minimum absolute atomic E-state index is 0.811. The third-order valence-electron chi connectivity index (χ3n) is 3.04. The lowest BCUT2D eigenvalue weighted by molar-refractivity contribution is 0.470. The molecule has 20 heavy (non-hydrogen) atoms. The zero-order valence-electron chi connectivity index (χ0n) is 13.3. The van der Waals surface area contributed by atoms with Crippen molar-refractivity contribution in [2.75, 3.05) is 20.1 Å². The van der Waals surface area contributed by atoms with Gasteiger partial charge in [-0.1, -0.05) is 26.2 Å². The minimum Gasteiger partial charge on any atom is -0.357 e. The molecule has 0 bridgehead atoms. The lowest BCUT2D eigenvalue weighted by atomic mass is 10.2. The van der Waals surface area contributed by atoms with E-state index >= 15 is 0 Å². The molecule has 5 heteroatoms. The first kappa shape index (κ1) is 17.0. The zero-order chi connectivity index (χ0) is 14.8.